The molecule has 0 saturated carbocycles. The van der Waals surface area contributed by atoms with Crippen LogP contribution in [0.15, 0.2) is 53.3 Å². The van der Waals surface area contributed by atoms with Gasteiger partial charge in [-0.05, 0) is 48.5 Å². The molecule has 5 rings (SSSR count). The van der Waals surface area contributed by atoms with Crippen molar-refractivity contribution in [3.8, 4) is 17.1 Å². The molecule has 0 fully saturated rings. The van der Waals surface area contributed by atoms with E-state index in [0.29, 0.717) is 41.7 Å². The number of pyridine rings is 1. The molecular formula is C24H22ClN5O2. The number of nitrogens with zero attached hydrogens (tertiary/aromatic N) is 3. The minimum atomic E-state index is -0.112. The Morgan fingerprint density at radius 3 is 2.75 bits per heavy atom. The smallest absolute Gasteiger partial charge is 0.255 e. The van der Waals surface area contributed by atoms with Crippen molar-refractivity contribution in [3.63, 3.8) is 0 Å². The number of benzene rings is 2. The van der Waals surface area contributed by atoms with E-state index in [9.17, 15) is 4.79 Å². The second-order valence-electron chi connectivity index (χ2n) is 7.92. The Labute approximate surface area is 189 Å². The Bertz CT molecular complexity index is 1370. The van der Waals surface area contributed by atoms with Crippen LogP contribution in [0.4, 0.5) is 5.69 Å². The lowest BCUT2D eigenvalue weighted by Gasteiger charge is -2.28. The summed E-state index contributed by atoms with van der Waals surface area (Å²) >= 11 is 6.47. The van der Waals surface area contributed by atoms with E-state index < -0.39 is 0 Å². The van der Waals surface area contributed by atoms with Gasteiger partial charge in [-0.1, -0.05) is 11.6 Å². The van der Waals surface area contributed by atoms with Crippen molar-refractivity contribution in [1.29, 1.82) is 0 Å². The fraction of sp³-hybridized carbons (Fsp3) is 0.208. The molecule has 7 nitrogen and oxygen atoms in total. The van der Waals surface area contributed by atoms with Crippen LogP contribution in [0.5, 0.6) is 5.75 Å². The molecule has 162 valence electrons. The van der Waals surface area contributed by atoms with E-state index in [4.69, 9.17) is 27.1 Å². The van der Waals surface area contributed by atoms with Crippen LogP contribution in [0.3, 0.4) is 0 Å². The molecule has 0 unspecified atom stereocenters. The van der Waals surface area contributed by atoms with Gasteiger partial charge in [0.05, 0.1) is 23.9 Å². The van der Waals surface area contributed by atoms with Gasteiger partial charge < -0.3 is 15.5 Å². The minimum absolute atomic E-state index is 0.112. The maximum absolute atomic E-state index is 12.8. The topological polar surface area (TPSA) is 97.1 Å². The Balaban J connectivity index is 1.40. The summed E-state index contributed by atoms with van der Waals surface area (Å²) in [4.78, 5) is 27.2. The molecule has 0 saturated heterocycles. The average Bonchev–Trinajstić information content (AvgIpc) is 2.80. The van der Waals surface area contributed by atoms with Crippen LogP contribution in [0.2, 0.25) is 5.15 Å². The van der Waals surface area contributed by atoms with E-state index >= 15 is 0 Å². The number of ether oxygens (including phenoxy) is 1. The number of anilines is 1. The maximum atomic E-state index is 12.8. The summed E-state index contributed by atoms with van der Waals surface area (Å²) in [5.41, 5.74) is 10.4. The summed E-state index contributed by atoms with van der Waals surface area (Å²) in [6.07, 6.45) is 0.688. The fourth-order valence-electron chi connectivity index (χ4n) is 4.05. The lowest BCUT2D eigenvalue weighted by molar-refractivity contribution is 0.242. The normalized spacial score (nSPS) is 13.8. The van der Waals surface area contributed by atoms with E-state index in [-0.39, 0.29) is 5.56 Å². The second kappa shape index (κ2) is 8.26. The zero-order valence-corrected chi connectivity index (χ0v) is 18.3. The molecule has 1 aliphatic rings. The van der Waals surface area contributed by atoms with Crippen molar-refractivity contribution in [2.24, 2.45) is 0 Å². The SMILES string of the molecule is COc1ccc2nc(Cl)c(CN3CCc4nc(-c5ccc(N)cc5)[nH]c(=O)c4C3)cc2c1. The molecule has 2 aromatic carbocycles. The number of halogens is 1. The van der Waals surface area contributed by atoms with Crippen LogP contribution < -0.4 is 16.0 Å². The minimum Gasteiger partial charge on any atom is -0.497 e. The molecule has 32 heavy (non-hydrogen) atoms. The van der Waals surface area contributed by atoms with Crippen LogP contribution in [-0.4, -0.2) is 33.5 Å². The summed E-state index contributed by atoms with van der Waals surface area (Å²) in [5, 5.41) is 1.44. The van der Waals surface area contributed by atoms with Gasteiger partial charge in [-0.25, -0.2) is 9.97 Å². The summed E-state index contributed by atoms with van der Waals surface area (Å²) < 4.78 is 5.32. The Hall–Kier alpha value is -3.42. The number of fused-ring (bicyclic) bond motifs is 2. The van der Waals surface area contributed by atoms with Gasteiger partial charge in [0.1, 0.15) is 16.7 Å². The quantitative estimate of drug-likeness (QED) is 0.365. The fourth-order valence-corrected chi connectivity index (χ4v) is 4.25. The average molecular weight is 448 g/mol. The van der Waals surface area contributed by atoms with E-state index in [1.165, 1.54) is 0 Å². The van der Waals surface area contributed by atoms with Crippen molar-refractivity contribution in [2.75, 3.05) is 19.4 Å². The first-order valence-electron chi connectivity index (χ1n) is 10.3. The van der Waals surface area contributed by atoms with E-state index in [1.54, 1.807) is 19.2 Å². The van der Waals surface area contributed by atoms with E-state index in [0.717, 1.165) is 40.0 Å². The lowest BCUT2D eigenvalue weighted by Crippen LogP contribution is -2.35. The number of methoxy groups -OCH3 is 1. The number of aromatic nitrogens is 3. The van der Waals surface area contributed by atoms with Crippen molar-refractivity contribution < 1.29 is 4.74 Å². The number of hydrogen-bond donors (Lipinski definition) is 2. The first-order valence-corrected chi connectivity index (χ1v) is 10.7. The molecule has 0 spiro atoms. The molecule has 0 radical (unpaired) electrons. The molecule has 0 atom stereocenters. The highest BCUT2D eigenvalue weighted by Gasteiger charge is 2.22. The third-order valence-electron chi connectivity index (χ3n) is 5.77. The zero-order valence-electron chi connectivity index (χ0n) is 17.6. The van der Waals surface area contributed by atoms with Crippen molar-refractivity contribution in [3.05, 3.63) is 80.9 Å². The van der Waals surface area contributed by atoms with Crippen LogP contribution in [-0.2, 0) is 19.5 Å². The molecule has 0 aliphatic carbocycles. The Morgan fingerprint density at radius 2 is 1.97 bits per heavy atom. The number of nitrogens with two attached hydrogens (primary N) is 1. The molecule has 8 heteroatoms. The summed E-state index contributed by atoms with van der Waals surface area (Å²) in [6.45, 7) is 1.88. The predicted octanol–water partition coefficient (Wildman–Crippen LogP) is 3.79. The van der Waals surface area contributed by atoms with Gasteiger partial charge in [-0.3, -0.25) is 9.69 Å². The van der Waals surface area contributed by atoms with Crippen molar-refractivity contribution >= 4 is 28.2 Å². The molecule has 3 heterocycles. The van der Waals surface area contributed by atoms with Gasteiger partial charge in [0.2, 0.25) is 0 Å². The van der Waals surface area contributed by atoms with E-state index in [2.05, 4.69) is 14.9 Å². The first-order chi connectivity index (χ1) is 15.5. The number of H-pyrrole nitrogens is 1. The predicted molar refractivity (Wildman–Crippen MR) is 126 cm³/mol. The lowest BCUT2D eigenvalue weighted by atomic mass is 10.0. The molecule has 1 aliphatic heterocycles. The van der Waals surface area contributed by atoms with Gasteiger partial charge >= 0.3 is 0 Å². The number of hydrogen-bond acceptors (Lipinski definition) is 6. The number of nitrogen functional groups attached to an aromatic ring is 1. The molecule has 0 amide bonds. The second-order valence-corrected chi connectivity index (χ2v) is 8.28. The van der Waals surface area contributed by atoms with Crippen molar-refractivity contribution in [1.82, 2.24) is 19.9 Å². The third kappa shape index (κ3) is 3.92. The molecule has 2 aromatic heterocycles. The van der Waals surface area contributed by atoms with Crippen LogP contribution in [0, 0.1) is 0 Å². The number of aromatic amines is 1. The van der Waals surface area contributed by atoms with Gasteiger partial charge in [0.25, 0.3) is 5.56 Å². The highest BCUT2D eigenvalue weighted by Crippen LogP contribution is 2.27. The molecular weight excluding hydrogens is 426 g/mol. The van der Waals surface area contributed by atoms with Crippen LogP contribution in [0.1, 0.15) is 16.8 Å². The maximum Gasteiger partial charge on any atom is 0.255 e. The summed E-state index contributed by atoms with van der Waals surface area (Å²) in [7, 11) is 1.64. The number of rotatable bonds is 4. The van der Waals surface area contributed by atoms with Gasteiger partial charge in [-0.15, -0.1) is 0 Å². The summed E-state index contributed by atoms with van der Waals surface area (Å²) in [5.74, 6) is 1.34. The van der Waals surface area contributed by atoms with Gasteiger partial charge in [-0.2, -0.15) is 0 Å². The van der Waals surface area contributed by atoms with Crippen LogP contribution in [0.25, 0.3) is 22.3 Å². The largest absolute Gasteiger partial charge is 0.497 e. The van der Waals surface area contributed by atoms with E-state index in [1.807, 2.05) is 36.4 Å². The zero-order chi connectivity index (χ0) is 22.2. The third-order valence-corrected chi connectivity index (χ3v) is 6.10. The van der Waals surface area contributed by atoms with Gasteiger partial charge in [0, 0.05) is 48.3 Å². The standard InChI is InChI=1S/C24H22ClN5O2/c1-32-18-6-7-20-15(11-18)10-16(22(25)27-20)12-30-9-8-21-19(13-30)24(31)29-23(28-21)14-2-4-17(26)5-3-14/h2-7,10-11H,8-9,12-13,26H2,1H3,(H,28,29,31). The Morgan fingerprint density at radius 1 is 1.16 bits per heavy atom. The number of nitrogens with one attached hydrogen (secondary N) is 1. The van der Waals surface area contributed by atoms with Crippen molar-refractivity contribution in [2.45, 2.75) is 19.5 Å². The van der Waals surface area contributed by atoms with Crippen LogP contribution >= 0.6 is 11.6 Å². The monoisotopic (exact) mass is 447 g/mol. The first kappa shape index (κ1) is 20.5. The Kier molecular flexibility index (Phi) is 5.28. The highest BCUT2D eigenvalue weighted by molar-refractivity contribution is 6.30. The van der Waals surface area contributed by atoms with Gasteiger partial charge in [0.15, 0.2) is 0 Å². The molecule has 4 aromatic rings. The summed E-state index contributed by atoms with van der Waals surface area (Å²) in [6, 6.07) is 15.1. The molecule has 0 bridgehead atoms. The molecule has 3 N–H and O–H groups in total. The highest BCUT2D eigenvalue weighted by atomic mass is 35.5.